The third-order valence-electron chi connectivity index (χ3n) is 4.16. The number of hydrogen-bond acceptors (Lipinski definition) is 4. The van der Waals surface area contributed by atoms with E-state index in [4.69, 9.17) is 10.5 Å². The van der Waals surface area contributed by atoms with E-state index < -0.39 is 6.10 Å². The highest BCUT2D eigenvalue weighted by atomic mass is 16.5. The molecule has 0 radical (unpaired) electrons. The monoisotopic (exact) mass is 278 g/mol. The molecule has 20 heavy (non-hydrogen) atoms. The first-order chi connectivity index (χ1) is 9.75. The van der Waals surface area contributed by atoms with Crippen molar-refractivity contribution in [1.82, 2.24) is 4.98 Å². The molecule has 0 bridgehead atoms. The summed E-state index contributed by atoms with van der Waals surface area (Å²) in [5, 5.41) is 10.1. The van der Waals surface area contributed by atoms with Gasteiger partial charge in [0.25, 0.3) is 0 Å². The summed E-state index contributed by atoms with van der Waals surface area (Å²) in [7, 11) is 0. The molecule has 4 heteroatoms. The molecule has 0 saturated heterocycles. The SMILES string of the molecule is N[C@@H](CC1CCCCC1)[C@@H](O)CCOc1ccncc1. The molecule has 0 amide bonds. The molecular formula is C16H26N2O2. The van der Waals surface area contributed by atoms with Crippen molar-refractivity contribution >= 4 is 0 Å². The molecule has 1 heterocycles. The van der Waals surface area contributed by atoms with E-state index in [0.29, 0.717) is 18.9 Å². The molecule has 2 rings (SSSR count). The summed E-state index contributed by atoms with van der Waals surface area (Å²) in [4.78, 5) is 3.93. The van der Waals surface area contributed by atoms with Crippen LogP contribution in [0.15, 0.2) is 24.5 Å². The Morgan fingerprint density at radius 2 is 1.95 bits per heavy atom. The largest absolute Gasteiger partial charge is 0.493 e. The maximum Gasteiger partial charge on any atom is 0.122 e. The Morgan fingerprint density at radius 3 is 2.65 bits per heavy atom. The number of pyridine rings is 1. The first-order valence-corrected chi connectivity index (χ1v) is 7.72. The highest BCUT2D eigenvalue weighted by Gasteiger charge is 2.21. The van der Waals surface area contributed by atoms with Crippen molar-refractivity contribution in [3.05, 3.63) is 24.5 Å². The average Bonchev–Trinajstić information content (AvgIpc) is 2.49. The van der Waals surface area contributed by atoms with Gasteiger partial charge in [-0.2, -0.15) is 0 Å². The van der Waals surface area contributed by atoms with Crippen molar-refractivity contribution in [3.63, 3.8) is 0 Å². The van der Waals surface area contributed by atoms with Crippen molar-refractivity contribution in [2.75, 3.05) is 6.61 Å². The number of hydrogen-bond donors (Lipinski definition) is 2. The van der Waals surface area contributed by atoms with Gasteiger partial charge in [0.2, 0.25) is 0 Å². The number of aliphatic hydroxyl groups is 1. The summed E-state index contributed by atoms with van der Waals surface area (Å²) in [5.74, 6) is 1.49. The van der Waals surface area contributed by atoms with Gasteiger partial charge in [-0.25, -0.2) is 0 Å². The minimum Gasteiger partial charge on any atom is -0.493 e. The van der Waals surface area contributed by atoms with E-state index in [0.717, 1.165) is 12.2 Å². The average molecular weight is 278 g/mol. The molecule has 1 fully saturated rings. The van der Waals surface area contributed by atoms with Gasteiger partial charge in [-0.05, 0) is 24.5 Å². The molecule has 2 atom stereocenters. The van der Waals surface area contributed by atoms with Gasteiger partial charge in [0.15, 0.2) is 0 Å². The van der Waals surface area contributed by atoms with Gasteiger partial charge < -0.3 is 15.6 Å². The lowest BCUT2D eigenvalue weighted by Gasteiger charge is -2.27. The molecule has 1 aliphatic carbocycles. The van der Waals surface area contributed by atoms with E-state index in [1.807, 2.05) is 12.1 Å². The van der Waals surface area contributed by atoms with Crippen molar-refractivity contribution in [3.8, 4) is 5.75 Å². The molecular weight excluding hydrogens is 252 g/mol. The minimum atomic E-state index is -0.473. The Hall–Kier alpha value is -1.13. The van der Waals surface area contributed by atoms with Crippen LogP contribution in [0.25, 0.3) is 0 Å². The van der Waals surface area contributed by atoms with Crippen LogP contribution >= 0.6 is 0 Å². The Kier molecular flexibility index (Phi) is 6.27. The second kappa shape index (κ2) is 8.22. The quantitative estimate of drug-likeness (QED) is 0.804. The van der Waals surface area contributed by atoms with Crippen LogP contribution in [0.2, 0.25) is 0 Å². The fourth-order valence-corrected chi connectivity index (χ4v) is 2.91. The normalized spacial score (nSPS) is 19.5. The lowest BCUT2D eigenvalue weighted by Crippen LogP contribution is -2.37. The standard InChI is InChI=1S/C16H26N2O2/c17-15(12-13-4-2-1-3-5-13)16(19)8-11-20-14-6-9-18-10-7-14/h6-7,9-10,13,15-16,19H,1-5,8,11-12,17H2/t15-,16-/m0/s1. The lowest BCUT2D eigenvalue weighted by atomic mass is 9.83. The maximum absolute atomic E-state index is 10.1. The number of aromatic nitrogens is 1. The summed E-state index contributed by atoms with van der Waals surface area (Å²) in [6.07, 6.45) is 11.0. The summed E-state index contributed by atoms with van der Waals surface area (Å²) in [5.41, 5.74) is 6.11. The minimum absolute atomic E-state index is 0.126. The molecule has 0 unspecified atom stereocenters. The van der Waals surface area contributed by atoms with Crippen LogP contribution in [0.3, 0.4) is 0 Å². The summed E-state index contributed by atoms with van der Waals surface area (Å²) >= 11 is 0. The lowest BCUT2D eigenvalue weighted by molar-refractivity contribution is 0.101. The molecule has 1 aromatic rings. The third-order valence-corrected chi connectivity index (χ3v) is 4.16. The second-order valence-electron chi connectivity index (χ2n) is 5.79. The van der Waals surface area contributed by atoms with Gasteiger partial charge in [0.1, 0.15) is 5.75 Å². The van der Waals surface area contributed by atoms with E-state index in [-0.39, 0.29) is 6.04 Å². The number of nitrogens with zero attached hydrogens (tertiary/aromatic N) is 1. The van der Waals surface area contributed by atoms with Crippen LogP contribution in [0.4, 0.5) is 0 Å². The van der Waals surface area contributed by atoms with E-state index in [2.05, 4.69) is 4.98 Å². The molecule has 0 spiro atoms. The van der Waals surface area contributed by atoms with Gasteiger partial charge in [-0.15, -0.1) is 0 Å². The highest BCUT2D eigenvalue weighted by molar-refractivity contribution is 5.16. The van der Waals surface area contributed by atoms with E-state index in [1.54, 1.807) is 12.4 Å². The summed E-state index contributed by atoms with van der Waals surface area (Å²) in [6, 6.07) is 3.50. The zero-order valence-corrected chi connectivity index (χ0v) is 12.1. The van der Waals surface area contributed by atoms with Crippen molar-refractivity contribution in [1.29, 1.82) is 0 Å². The van der Waals surface area contributed by atoms with Crippen LogP contribution in [-0.4, -0.2) is 28.8 Å². The molecule has 0 aliphatic heterocycles. The first-order valence-electron chi connectivity index (χ1n) is 7.72. The van der Waals surface area contributed by atoms with Gasteiger partial charge in [-0.1, -0.05) is 32.1 Å². The van der Waals surface area contributed by atoms with Gasteiger partial charge in [0, 0.05) is 24.9 Å². The van der Waals surface area contributed by atoms with Gasteiger partial charge in [0.05, 0.1) is 12.7 Å². The maximum atomic E-state index is 10.1. The zero-order valence-electron chi connectivity index (χ0n) is 12.1. The van der Waals surface area contributed by atoms with Crippen LogP contribution in [0, 0.1) is 5.92 Å². The van der Waals surface area contributed by atoms with Gasteiger partial charge >= 0.3 is 0 Å². The van der Waals surface area contributed by atoms with E-state index in [1.165, 1.54) is 32.1 Å². The van der Waals surface area contributed by atoms with Gasteiger partial charge in [-0.3, -0.25) is 4.98 Å². The number of aliphatic hydroxyl groups excluding tert-OH is 1. The Morgan fingerprint density at radius 1 is 1.25 bits per heavy atom. The molecule has 3 N–H and O–H groups in total. The number of rotatable bonds is 7. The summed E-state index contributed by atoms with van der Waals surface area (Å²) in [6.45, 7) is 0.490. The van der Waals surface area contributed by atoms with Crippen LogP contribution in [0.5, 0.6) is 5.75 Å². The third kappa shape index (κ3) is 5.10. The predicted octanol–water partition coefficient (Wildman–Crippen LogP) is 2.51. The Balaban J connectivity index is 1.64. The molecule has 112 valence electrons. The van der Waals surface area contributed by atoms with Crippen molar-refractivity contribution < 1.29 is 9.84 Å². The topological polar surface area (TPSA) is 68.4 Å². The first kappa shape index (κ1) is 15.3. The predicted molar refractivity (Wildman–Crippen MR) is 79.5 cm³/mol. The molecule has 4 nitrogen and oxygen atoms in total. The van der Waals surface area contributed by atoms with E-state index >= 15 is 0 Å². The molecule has 1 aliphatic rings. The fourth-order valence-electron chi connectivity index (χ4n) is 2.91. The van der Waals surface area contributed by atoms with Crippen LogP contribution < -0.4 is 10.5 Å². The van der Waals surface area contributed by atoms with Crippen molar-refractivity contribution in [2.45, 2.75) is 57.1 Å². The Bertz CT molecular complexity index is 366. The molecule has 0 aromatic carbocycles. The smallest absolute Gasteiger partial charge is 0.122 e. The Labute approximate surface area is 121 Å². The van der Waals surface area contributed by atoms with Crippen LogP contribution in [-0.2, 0) is 0 Å². The zero-order chi connectivity index (χ0) is 14.2. The van der Waals surface area contributed by atoms with Crippen molar-refractivity contribution in [2.24, 2.45) is 11.7 Å². The van der Waals surface area contributed by atoms with Crippen LogP contribution in [0.1, 0.15) is 44.9 Å². The summed E-state index contributed by atoms with van der Waals surface area (Å²) < 4.78 is 5.56. The fraction of sp³-hybridized carbons (Fsp3) is 0.688. The number of ether oxygens (including phenoxy) is 1. The molecule has 1 saturated carbocycles. The molecule has 1 aromatic heterocycles. The number of nitrogens with two attached hydrogens (primary N) is 1. The second-order valence-corrected chi connectivity index (χ2v) is 5.79. The highest BCUT2D eigenvalue weighted by Crippen LogP contribution is 2.27. The van der Waals surface area contributed by atoms with E-state index in [9.17, 15) is 5.11 Å².